The maximum Gasteiger partial charge on any atom is 0.417 e. The number of alkyl halides is 3. The van der Waals surface area contributed by atoms with E-state index in [1.807, 2.05) is 0 Å². The van der Waals surface area contributed by atoms with E-state index in [-0.39, 0.29) is 0 Å². The van der Waals surface area contributed by atoms with Gasteiger partial charge in [0.15, 0.2) is 11.5 Å². The maximum atomic E-state index is 12.8. The van der Waals surface area contributed by atoms with E-state index in [0.29, 0.717) is 27.2 Å². The van der Waals surface area contributed by atoms with Crippen LogP contribution in [0.25, 0.3) is 17.0 Å². The van der Waals surface area contributed by atoms with Gasteiger partial charge >= 0.3 is 6.18 Å². The first kappa shape index (κ1) is 13.9. The summed E-state index contributed by atoms with van der Waals surface area (Å²) in [5.74, 6) is 0.295. The van der Waals surface area contributed by atoms with Gasteiger partial charge < -0.3 is 5.73 Å². The van der Waals surface area contributed by atoms with Gasteiger partial charge in [-0.25, -0.2) is 0 Å². The van der Waals surface area contributed by atoms with Crippen LogP contribution < -0.4 is 5.73 Å². The fourth-order valence-corrected chi connectivity index (χ4v) is 2.51. The summed E-state index contributed by atoms with van der Waals surface area (Å²) in [7, 11) is 0. The lowest BCUT2D eigenvalue weighted by Gasteiger charge is -2.08. The summed E-state index contributed by atoms with van der Waals surface area (Å²) in [6, 6.07) is 7.28. The number of aromatic nitrogens is 3. The molecule has 0 saturated heterocycles. The number of fused-ring (bicyclic) bond motifs is 1. The largest absolute Gasteiger partial charge is 0.417 e. The van der Waals surface area contributed by atoms with E-state index >= 15 is 0 Å². The molecule has 0 aliphatic carbocycles. The molecule has 2 aromatic heterocycles. The monoisotopic (exact) mass is 356 g/mol. The van der Waals surface area contributed by atoms with Gasteiger partial charge in [-0.05, 0) is 30.3 Å². The Morgan fingerprint density at radius 3 is 2.52 bits per heavy atom. The third-order valence-electron chi connectivity index (χ3n) is 2.91. The molecule has 0 aliphatic rings. The first-order valence-corrected chi connectivity index (χ1v) is 6.62. The SMILES string of the molecule is Nc1cc(Br)cc(-c2nnc3ccc(C(F)(F)F)cn23)c1. The van der Waals surface area contributed by atoms with E-state index in [2.05, 4.69) is 26.1 Å². The summed E-state index contributed by atoms with van der Waals surface area (Å²) in [4.78, 5) is 0. The van der Waals surface area contributed by atoms with Crippen LogP contribution in [0, 0.1) is 0 Å². The van der Waals surface area contributed by atoms with Crippen molar-refractivity contribution >= 4 is 27.3 Å². The Morgan fingerprint density at radius 2 is 1.86 bits per heavy atom. The lowest BCUT2D eigenvalue weighted by Crippen LogP contribution is -2.06. The molecular formula is C13H8BrF3N4. The van der Waals surface area contributed by atoms with E-state index in [4.69, 9.17) is 5.73 Å². The molecule has 3 rings (SSSR count). The first-order valence-electron chi connectivity index (χ1n) is 5.83. The summed E-state index contributed by atoms with van der Waals surface area (Å²) in [5, 5.41) is 7.81. The maximum absolute atomic E-state index is 12.8. The molecule has 0 atom stereocenters. The number of nitrogens with two attached hydrogens (primary N) is 1. The molecule has 3 aromatic rings. The highest BCUT2D eigenvalue weighted by atomic mass is 79.9. The van der Waals surface area contributed by atoms with Crippen molar-refractivity contribution < 1.29 is 13.2 Å². The van der Waals surface area contributed by atoms with Crippen LogP contribution in [0.5, 0.6) is 0 Å². The molecule has 0 spiro atoms. The highest BCUT2D eigenvalue weighted by Gasteiger charge is 2.31. The van der Waals surface area contributed by atoms with Crippen molar-refractivity contribution in [1.82, 2.24) is 14.6 Å². The smallest absolute Gasteiger partial charge is 0.399 e. The molecule has 0 unspecified atom stereocenters. The zero-order valence-corrected chi connectivity index (χ0v) is 12.0. The number of benzene rings is 1. The van der Waals surface area contributed by atoms with E-state index in [9.17, 15) is 13.2 Å². The number of anilines is 1. The minimum absolute atomic E-state index is 0.295. The Bertz CT molecular complexity index is 806. The molecule has 4 nitrogen and oxygen atoms in total. The predicted octanol–water partition coefficient (Wildman–Crippen LogP) is 3.76. The molecule has 1 aromatic carbocycles. The van der Waals surface area contributed by atoms with Crippen LogP contribution in [0.1, 0.15) is 5.56 Å². The van der Waals surface area contributed by atoms with Crippen molar-refractivity contribution in [3.8, 4) is 11.4 Å². The fourth-order valence-electron chi connectivity index (χ4n) is 2.00. The molecule has 0 fully saturated rings. The highest BCUT2D eigenvalue weighted by molar-refractivity contribution is 9.10. The van der Waals surface area contributed by atoms with Gasteiger partial charge in [0, 0.05) is 21.9 Å². The van der Waals surface area contributed by atoms with Crippen molar-refractivity contribution in [3.05, 3.63) is 46.6 Å². The molecule has 0 aliphatic heterocycles. The molecule has 108 valence electrons. The van der Waals surface area contributed by atoms with Gasteiger partial charge in [-0.3, -0.25) is 4.40 Å². The molecule has 0 amide bonds. The minimum Gasteiger partial charge on any atom is -0.399 e. The standard InChI is InChI=1S/C13H8BrF3N4/c14-9-3-7(4-10(18)5-9)12-20-19-11-2-1-8(6-21(11)12)13(15,16)17/h1-6H,18H2. The van der Waals surface area contributed by atoms with Crippen LogP contribution in [-0.2, 0) is 6.18 Å². The van der Waals surface area contributed by atoms with Crippen LogP contribution in [-0.4, -0.2) is 14.6 Å². The number of rotatable bonds is 1. The van der Waals surface area contributed by atoms with Crippen molar-refractivity contribution in [2.24, 2.45) is 0 Å². The molecule has 0 bridgehead atoms. The van der Waals surface area contributed by atoms with Gasteiger partial charge in [-0.1, -0.05) is 15.9 Å². The van der Waals surface area contributed by atoms with E-state index in [0.717, 1.165) is 12.3 Å². The van der Waals surface area contributed by atoms with Crippen molar-refractivity contribution in [3.63, 3.8) is 0 Å². The van der Waals surface area contributed by atoms with Gasteiger partial charge in [0.05, 0.1) is 5.56 Å². The second-order valence-electron chi connectivity index (χ2n) is 4.44. The highest BCUT2D eigenvalue weighted by Crippen LogP contribution is 2.31. The average Bonchev–Trinajstić information content (AvgIpc) is 2.79. The van der Waals surface area contributed by atoms with Gasteiger partial charge in [0.2, 0.25) is 0 Å². The number of nitrogens with zero attached hydrogens (tertiary/aromatic N) is 3. The normalized spacial score (nSPS) is 12.0. The van der Waals surface area contributed by atoms with Gasteiger partial charge in [-0.15, -0.1) is 10.2 Å². The second-order valence-corrected chi connectivity index (χ2v) is 5.36. The molecule has 0 saturated carbocycles. The Labute approximate surface area is 125 Å². The summed E-state index contributed by atoms with van der Waals surface area (Å²) in [6.07, 6.45) is -3.45. The molecular weight excluding hydrogens is 349 g/mol. The summed E-state index contributed by atoms with van der Waals surface area (Å²) < 4.78 is 40.4. The van der Waals surface area contributed by atoms with Crippen molar-refractivity contribution in [2.75, 3.05) is 5.73 Å². The third-order valence-corrected chi connectivity index (χ3v) is 3.37. The molecule has 2 N–H and O–H groups in total. The van der Waals surface area contributed by atoms with Crippen LogP contribution in [0.3, 0.4) is 0 Å². The average molecular weight is 357 g/mol. The molecule has 8 heteroatoms. The first-order chi connectivity index (χ1) is 9.84. The zero-order valence-electron chi connectivity index (χ0n) is 10.4. The summed E-state index contributed by atoms with van der Waals surface area (Å²) >= 11 is 3.29. The van der Waals surface area contributed by atoms with Crippen LogP contribution in [0.15, 0.2) is 41.0 Å². The quantitative estimate of drug-likeness (QED) is 0.675. The summed E-state index contributed by atoms with van der Waals surface area (Å²) in [5.41, 5.74) is 6.36. The number of halogens is 4. The number of pyridine rings is 1. The zero-order chi connectivity index (χ0) is 15.2. The van der Waals surface area contributed by atoms with Crippen molar-refractivity contribution in [1.29, 1.82) is 0 Å². The van der Waals surface area contributed by atoms with Gasteiger partial charge in [0.1, 0.15) is 0 Å². The van der Waals surface area contributed by atoms with Crippen LogP contribution >= 0.6 is 15.9 Å². The van der Waals surface area contributed by atoms with E-state index in [1.54, 1.807) is 18.2 Å². The Morgan fingerprint density at radius 1 is 1.10 bits per heavy atom. The molecule has 2 heterocycles. The summed E-state index contributed by atoms with van der Waals surface area (Å²) in [6.45, 7) is 0. The van der Waals surface area contributed by atoms with E-state index in [1.165, 1.54) is 10.5 Å². The Hall–Kier alpha value is -2.09. The topological polar surface area (TPSA) is 56.2 Å². The number of nitrogen functional groups attached to an aromatic ring is 1. The van der Waals surface area contributed by atoms with Crippen LogP contribution in [0.2, 0.25) is 0 Å². The number of hydrogen-bond acceptors (Lipinski definition) is 3. The van der Waals surface area contributed by atoms with Gasteiger partial charge in [-0.2, -0.15) is 13.2 Å². The van der Waals surface area contributed by atoms with Gasteiger partial charge in [0.25, 0.3) is 0 Å². The lowest BCUT2D eigenvalue weighted by atomic mass is 10.2. The molecule has 21 heavy (non-hydrogen) atoms. The minimum atomic E-state index is -4.42. The van der Waals surface area contributed by atoms with E-state index < -0.39 is 11.7 Å². The van der Waals surface area contributed by atoms with Crippen molar-refractivity contribution in [2.45, 2.75) is 6.18 Å². The Balaban J connectivity index is 2.23. The Kier molecular flexibility index (Phi) is 3.12. The predicted molar refractivity (Wildman–Crippen MR) is 75.5 cm³/mol. The second kappa shape index (κ2) is 4.73. The molecule has 0 radical (unpaired) electrons. The van der Waals surface area contributed by atoms with Crippen LogP contribution in [0.4, 0.5) is 18.9 Å². The third kappa shape index (κ3) is 2.58. The lowest BCUT2D eigenvalue weighted by molar-refractivity contribution is -0.137. The fraction of sp³-hybridized carbons (Fsp3) is 0.0769. The number of hydrogen-bond donors (Lipinski definition) is 1.